The lowest BCUT2D eigenvalue weighted by Crippen LogP contribution is -2.36. The summed E-state index contributed by atoms with van der Waals surface area (Å²) in [6, 6.07) is 15.7. The zero-order valence-electron chi connectivity index (χ0n) is 18.7. The van der Waals surface area contributed by atoms with Crippen LogP contribution in [0.25, 0.3) is 6.08 Å². The van der Waals surface area contributed by atoms with Gasteiger partial charge in [0, 0.05) is 25.7 Å². The molecule has 0 spiro atoms. The minimum atomic E-state index is -3.53. The molecule has 2 rings (SSSR count). The van der Waals surface area contributed by atoms with Gasteiger partial charge in [-0.15, -0.1) is 0 Å². The smallest absolute Gasteiger partial charge is 0.331 e. The highest BCUT2D eigenvalue weighted by atomic mass is 32.2. The third-order valence-electron chi connectivity index (χ3n) is 4.87. The molecule has 8 heteroatoms. The van der Waals surface area contributed by atoms with Gasteiger partial charge in [0.05, 0.1) is 4.90 Å². The molecule has 0 heterocycles. The average Bonchev–Trinajstić information content (AvgIpc) is 2.81. The van der Waals surface area contributed by atoms with E-state index in [1.807, 2.05) is 30.3 Å². The van der Waals surface area contributed by atoms with E-state index in [1.54, 1.807) is 32.9 Å². The zero-order valence-corrected chi connectivity index (χ0v) is 19.5. The van der Waals surface area contributed by atoms with Crippen molar-refractivity contribution in [2.45, 2.75) is 44.7 Å². The van der Waals surface area contributed by atoms with Crippen molar-refractivity contribution in [1.29, 1.82) is 0 Å². The summed E-state index contributed by atoms with van der Waals surface area (Å²) in [7, 11) is -3.53. The molecule has 0 aliphatic heterocycles. The molecule has 1 amide bonds. The predicted molar refractivity (Wildman–Crippen MR) is 124 cm³/mol. The molecular weight excluding hydrogens is 428 g/mol. The van der Waals surface area contributed by atoms with E-state index in [0.29, 0.717) is 31.6 Å². The van der Waals surface area contributed by atoms with Gasteiger partial charge in [-0.25, -0.2) is 13.2 Å². The Balaban J connectivity index is 1.94. The van der Waals surface area contributed by atoms with Gasteiger partial charge in [-0.2, -0.15) is 4.31 Å². The second-order valence-corrected chi connectivity index (χ2v) is 8.97. The van der Waals surface area contributed by atoms with Gasteiger partial charge in [0.25, 0.3) is 5.91 Å². The number of sulfonamides is 1. The van der Waals surface area contributed by atoms with E-state index in [4.69, 9.17) is 4.74 Å². The number of nitrogens with one attached hydrogen (secondary N) is 1. The Bertz CT molecular complexity index is 1010. The summed E-state index contributed by atoms with van der Waals surface area (Å²) in [4.78, 5) is 24.7. The molecule has 172 valence electrons. The van der Waals surface area contributed by atoms with Crippen LogP contribution in [0.1, 0.15) is 38.3 Å². The van der Waals surface area contributed by atoms with Crippen LogP contribution in [0, 0.1) is 0 Å². The van der Waals surface area contributed by atoms with E-state index in [-0.39, 0.29) is 10.8 Å². The van der Waals surface area contributed by atoms with Crippen LogP contribution in [-0.2, 0) is 30.9 Å². The van der Waals surface area contributed by atoms with Crippen LogP contribution in [0.15, 0.2) is 65.6 Å². The first kappa shape index (κ1) is 25.3. The van der Waals surface area contributed by atoms with Gasteiger partial charge < -0.3 is 10.1 Å². The number of carbonyl (C=O) groups is 2. The summed E-state index contributed by atoms with van der Waals surface area (Å²) >= 11 is 0. The molecule has 0 aromatic heterocycles. The number of rotatable bonds is 11. The molecule has 2 aromatic carbocycles. The lowest BCUT2D eigenvalue weighted by molar-refractivity contribution is -0.151. The average molecular weight is 459 g/mol. The lowest BCUT2D eigenvalue weighted by Gasteiger charge is -2.18. The molecule has 0 fully saturated rings. The standard InChI is InChI=1S/C24H30N2O5S/c1-4-22(24(28)25-18-20-10-8-7-9-11-20)31-23(27)17-14-19-12-15-21(16-13-19)32(29,30)26(5-2)6-3/h7-17,22H,4-6,18H2,1-3H3,(H,25,28)/b17-14+. The highest BCUT2D eigenvalue weighted by Gasteiger charge is 2.21. The fraction of sp³-hybridized carbons (Fsp3) is 0.333. The van der Waals surface area contributed by atoms with Crippen molar-refractivity contribution in [2.75, 3.05) is 13.1 Å². The Labute approximate surface area is 190 Å². The van der Waals surface area contributed by atoms with Crippen molar-refractivity contribution >= 4 is 28.0 Å². The van der Waals surface area contributed by atoms with Gasteiger partial charge in [-0.1, -0.05) is 63.2 Å². The minimum Gasteiger partial charge on any atom is -0.449 e. The SMILES string of the molecule is CCC(OC(=O)/C=C/c1ccc(S(=O)(=O)N(CC)CC)cc1)C(=O)NCc1ccccc1. The van der Waals surface area contributed by atoms with Crippen LogP contribution in [0.2, 0.25) is 0 Å². The first-order valence-corrected chi connectivity index (χ1v) is 12.1. The van der Waals surface area contributed by atoms with Crippen LogP contribution in [0.3, 0.4) is 0 Å². The number of nitrogens with zero attached hydrogens (tertiary/aromatic N) is 1. The lowest BCUT2D eigenvalue weighted by atomic mass is 10.2. The van der Waals surface area contributed by atoms with E-state index >= 15 is 0 Å². The van der Waals surface area contributed by atoms with Crippen LogP contribution in [0.4, 0.5) is 0 Å². The van der Waals surface area contributed by atoms with Gasteiger partial charge in [-0.3, -0.25) is 4.79 Å². The van der Waals surface area contributed by atoms with E-state index < -0.39 is 22.1 Å². The van der Waals surface area contributed by atoms with Crippen molar-refractivity contribution in [3.05, 3.63) is 71.8 Å². The van der Waals surface area contributed by atoms with Gasteiger partial charge in [-0.05, 0) is 35.8 Å². The molecule has 1 unspecified atom stereocenters. The highest BCUT2D eigenvalue weighted by molar-refractivity contribution is 7.89. The zero-order chi connectivity index (χ0) is 23.6. The monoisotopic (exact) mass is 458 g/mol. The third-order valence-corrected chi connectivity index (χ3v) is 6.93. The summed E-state index contributed by atoms with van der Waals surface area (Å²) in [5.74, 6) is -1.00. The maximum atomic E-state index is 12.5. The Morgan fingerprint density at radius 1 is 1.00 bits per heavy atom. The van der Waals surface area contributed by atoms with Crippen molar-refractivity contribution in [3.63, 3.8) is 0 Å². The van der Waals surface area contributed by atoms with Crippen LogP contribution < -0.4 is 5.32 Å². The number of esters is 1. The minimum absolute atomic E-state index is 0.196. The maximum Gasteiger partial charge on any atom is 0.331 e. The number of hydrogen-bond donors (Lipinski definition) is 1. The Kier molecular flexibility index (Phi) is 9.61. The van der Waals surface area contributed by atoms with Crippen molar-refractivity contribution in [3.8, 4) is 0 Å². The second-order valence-electron chi connectivity index (χ2n) is 7.03. The highest BCUT2D eigenvalue weighted by Crippen LogP contribution is 2.17. The molecular formula is C24H30N2O5S. The summed E-state index contributed by atoms with van der Waals surface area (Å²) in [6.45, 7) is 6.48. The maximum absolute atomic E-state index is 12.5. The number of benzene rings is 2. The predicted octanol–water partition coefficient (Wildman–Crippen LogP) is 3.37. The summed E-state index contributed by atoms with van der Waals surface area (Å²) in [5, 5.41) is 2.77. The molecule has 0 saturated heterocycles. The summed E-state index contributed by atoms with van der Waals surface area (Å²) < 4.78 is 31.7. The quantitative estimate of drug-likeness (QED) is 0.412. The molecule has 1 atom stereocenters. The fourth-order valence-electron chi connectivity index (χ4n) is 3.03. The molecule has 7 nitrogen and oxygen atoms in total. The topological polar surface area (TPSA) is 92.8 Å². The third kappa shape index (κ3) is 7.03. The Hall–Kier alpha value is -2.97. The Morgan fingerprint density at radius 2 is 1.62 bits per heavy atom. The molecule has 0 bridgehead atoms. The number of carbonyl (C=O) groups excluding carboxylic acids is 2. The van der Waals surface area contributed by atoms with E-state index in [1.165, 1.54) is 28.6 Å². The van der Waals surface area contributed by atoms with Gasteiger partial charge in [0.1, 0.15) is 0 Å². The summed E-state index contributed by atoms with van der Waals surface area (Å²) in [5.41, 5.74) is 1.59. The van der Waals surface area contributed by atoms with Crippen molar-refractivity contribution in [1.82, 2.24) is 9.62 Å². The summed E-state index contributed by atoms with van der Waals surface area (Å²) in [6.07, 6.45) is 2.20. The molecule has 32 heavy (non-hydrogen) atoms. The first-order valence-electron chi connectivity index (χ1n) is 10.6. The van der Waals surface area contributed by atoms with Gasteiger partial charge in [0.15, 0.2) is 6.10 Å². The largest absolute Gasteiger partial charge is 0.449 e. The first-order chi connectivity index (χ1) is 15.3. The molecule has 1 N–H and O–H groups in total. The number of amides is 1. The second kappa shape index (κ2) is 12.2. The van der Waals surface area contributed by atoms with E-state index in [9.17, 15) is 18.0 Å². The van der Waals surface area contributed by atoms with Crippen LogP contribution >= 0.6 is 0 Å². The Morgan fingerprint density at radius 3 is 2.19 bits per heavy atom. The molecule has 0 aliphatic rings. The van der Waals surface area contributed by atoms with Crippen molar-refractivity contribution < 1.29 is 22.7 Å². The molecule has 0 saturated carbocycles. The molecule has 0 radical (unpaired) electrons. The van der Waals surface area contributed by atoms with E-state index in [0.717, 1.165) is 5.56 Å². The number of ether oxygens (including phenoxy) is 1. The fourth-order valence-corrected chi connectivity index (χ4v) is 4.49. The van der Waals surface area contributed by atoms with Crippen molar-refractivity contribution in [2.24, 2.45) is 0 Å². The normalized spacial score (nSPS) is 12.6. The molecule has 0 aliphatic carbocycles. The van der Waals surface area contributed by atoms with Gasteiger partial charge >= 0.3 is 5.97 Å². The molecule has 2 aromatic rings. The van der Waals surface area contributed by atoms with Gasteiger partial charge in [0.2, 0.25) is 10.0 Å². The van der Waals surface area contributed by atoms with Crippen LogP contribution in [0.5, 0.6) is 0 Å². The number of hydrogen-bond acceptors (Lipinski definition) is 5. The van der Waals surface area contributed by atoms with E-state index in [2.05, 4.69) is 5.32 Å². The van der Waals surface area contributed by atoms with Crippen LogP contribution in [-0.4, -0.2) is 43.8 Å².